The van der Waals surface area contributed by atoms with Crippen molar-refractivity contribution in [2.45, 2.75) is 0 Å². The third kappa shape index (κ3) is 2.37. The van der Waals surface area contributed by atoms with Crippen molar-refractivity contribution >= 4 is 15.9 Å². The number of hydrogen-bond acceptors (Lipinski definition) is 4. The Morgan fingerprint density at radius 1 is 1.10 bits per heavy atom. The Balaban J connectivity index is 2.22. The van der Waals surface area contributed by atoms with Gasteiger partial charge in [0.25, 0.3) is 5.56 Å². The normalized spacial score (nSPS) is 10.4. The Kier molecular flexibility index (Phi) is 3.39. The van der Waals surface area contributed by atoms with E-state index in [1.165, 1.54) is 0 Å². The standard InChI is InChI=1S/C14H9BrN4O/c15-11-12(9-4-2-1-3-5-9)18-13(19-14(11)20)10-8-16-6-7-17-10/h1-8H,(H,18,19,20). The second-order valence-electron chi connectivity index (χ2n) is 4.03. The van der Waals surface area contributed by atoms with Gasteiger partial charge in [-0.25, -0.2) is 9.97 Å². The van der Waals surface area contributed by atoms with Crippen LogP contribution in [0.1, 0.15) is 0 Å². The van der Waals surface area contributed by atoms with Gasteiger partial charge in [-0.3, -0.25) is 9.78 Å². The predicted octanol–water partition coefficient (Wildman–Crippen LogP) is 2.66. The first-order valence-electron chi connectivity index (χ1n) is 5.87. The molecule has 3 aromatic rings. The molecule has 98 valence electrons. The van der Waals surface area contributed by atoms with E-state index < -0.39 is 0 Å². The monoisotopic (exact) mass is 328 g/mol. The lowest BCUT2D eigenvalue weighted by molar-refractivity contribution is 1.07. The Morgan fingerprint density at radius 2 is 1.90 bits per heavy atom. The molecule has 0 saturated heterocycles. The van der Waals surface area contributed by atoms with E-state index in [1.807, 2.05) is 30.3 Å². The Bertz CT molecular complexity index is 787. The molecule has 0 aliphatic carbocycles. The summed E-state index contributed by atoms with van der Waals surface area (Å²) in [5, 5.41) is 0. The fourth-order valence-electron chi connectivity index (χ4n) is 1.79. The minimum absolute atomic E-state index is 0.250. The van der Waals surface area contributed by atoms with Crippen LogP contribution < -0.4 is 5.56 Å². The van der Waals surface area contributed by atoms with Crippen molar-refractivity contribution in [1.29, 1.82) is 0 Å². The van der Waals surface area contributed by atoms with Crippen LogP contribution in [0.4, 0.5) is 0 Å². The SMILES string of the molecule is O=c1[nH]c(-c2cnccn2)nc(-c2ccccc2)c1Br. The average molecular weight is 329 g/mol. The molecule has 2 heterocycles. The van der Waals surface area contributed by atoms with Gasteiger partial charge in [0.05, 0.1) is 11.9 Å². The second kappa shape index (κ2) is 5.34. The van der Waals surface area contributed by atoms with Crippen molar-refractivity contribution in [2.75, 3.05) is 0 Å². The quantitative estimate of drug-likeness (QED) is 0.785. The summed E-state index contributed by atoms with van der Waals surface area (Å²) in [6, 6.07) is 9.49. The summed E-state index contributed by atoms with van der Waals surface area (Å²) in [6.07, 6.45) is 4.68. The smallest absolute Gasteiger partial charge is 0.266 e. The first-order valence-corrected chi connectivity index (χ1v) is 6.66. The van der Waals surface area contributed by atoms with Gasteiger partial charge in [-0.1, -0.05) is 30.3 Å². The highest BCUT2D eigenvalue weighted by molar-refractivity contribution is 9.10. The fourth-order valence-corrected chi connectivity index (χ4v) is 2.21. The minimum atomic E-state index is -0.250. The van der Waals surface area contributed by atoms with Crippen molar-refractivity contribution in [1.82, 2.24) is 19.9 Å². The number of nitrogens with one attached hydrogen (secondary N) is 1. The molecule has 0 unspecified atom stereocenters. The number of nitrogens with zero attached hydrogens (tertiary/aromatic N) is 3. The van der Waals surface area contributed by atoms with Gasteiger partial charge in [-0.2, -0.15) is 0 Å². The van der Waals surface area contributed by atoms with Crippen molar-refractivity contribution in [3.63, 3.8) is 0 Å². The molecule has 0 saturated carbocycles. The highest BCUT2D eigenvalue weighted by Gasteiger charge is 2.12. The molecule has 0 bridgehead atoms. The van der Waals surface area contributed by atoms with Gasteiger partial charge in [-0.05, 0) is 15.9 Å². The van der Waals surface area contributed by atoms with Crippen LogP contribution in [0.2, 0.25) is 0 Å². The Morgan fingerprint density at radius 3 is 2.60 bits per heavy atom. The van der Waals surface area contributed by atoms with Crippen molar-refractivity contribution < 1.29 is 0 Å². The zero-order chi connectivity index (χ0) is 13.9. The molecule has 1 aromatic carbocycles. The van der Waals surface area contributed by atoms with E-state index in [0.717, 1.165) is 5.56 Å². The van der Waals surface area contributed by atoms with Gasteiger partial charge < -0.3 is 4.98 Å². The number of benzene rings is 1. The summed E-state index contributed by atoms with van der Waals surface area (Å²) in [5.74, 6) is 0.394. The summed E-state index contributed by atoms with van der Waals surface area (Å²) in [5.41, 5.74) is 1.71. The maximum Gasteiger partial charge on any atom is 0.266 e. The lowest BCUT2D eigenvalue weighted by Gasteiger charge is -2.06. The third-order valence-corrected chi connectivity index (χ3v) is 3.45. The number of H-pyrrole nitrogens is 1. The van der Waals surface area contributed by atoms with E-state index >= 15 is 0 Å². The van der Waals surface area contributed by atoms with Gasteiger partial charge in [-0.15, -0.1) is 0 Å². The summed E-state index contributed by atoms with van der Waals surface area (Å²) in [7, 11) is 0. The van der Waals surface area contributed by atoms with E-state index in [-0.39, 0.29) is 5.56 Å². The molecular formula is C14H9BrN4O. The second-order valence-corrected chi connectivity index (χ2v) is 4.83. The largest absolute Gasteiger partial charge is 0.304 e. The van der Waals surface area contributed by atoms with Crippen LogP contribution in [0.3, 0.4) is 0 Å². The number of halogens is 1. The van der Waals surface area contributed by atoms with E-state index in [2.05, 4.69) is 35.9 Å². The first-order chi connectivity index (χ1) is 9.75. The molecule has 0 spiro atoms. The van der Waals surface area contributed by atoms with Gasteiger partial charge in [0.15, 0.2) is 5.82 Å². The summed E-state index contributed by atoms with van der Waals surface area (Å²) in [6.45, 7) is 0. The topological polar surface area (TPSA) is 71.5 Å². The lowest BCUT2D eigenvalue weighted by atomic mass is 10.1. The van der Waals surface area contributed by atoms with Gasteiger partial charge in [0, 0.05) is 18.0 Å². The summed E-state index contributed by atoms with van der Waals surface area (Å²) in [4.78, 5) is 27.3. The van der Waals surface area contributed by atoms with Gasteiger partial charge in [0.1, 0.15) is 10.2 Å². The molecule has 0 radical (unpaired) electrons. The fraction of sp³-hybridized carbons (Fsp3) is 0. The number of aromatic nitrogens is 4. The molecule has 20 heavy (non-hydrogen) atoms. The molecule has 0 aliphatic heterocycles. The average Bonchev–Trinajstić information content (AvgIpc) is 2.51. The molecule has 0 amide bonds. The maximum atomic E-state index is 12.0. The zero-order valence-electron chi connectivity index (χ0n) is 10.2. The molecular weight excluding hydrogens is 320 g/mol. The van der Waals surface area contributed by atoms with E-state index in [0.29, 0.717) is 21.7 Å². The van der Waals surface area contributed by atoms with E-state index in [1.54, 1.807) is 18.6 Å². The molecule has 1 N–H and O–H groups in total. The highest BCUT2D eigenvalue weighted by Crippen LogP contribution is 2.24. The number of rotatable bonds is 2. The molecule has 5 nitrogen and oxygen atoms in total. The van der Waals surface area contributed by atoms with Crippen LogP contribution in [0.5, 0.6) is 0 Å². The van der Waals surface area contributed by atoms with Crippen LogP contribution in [0.15, 0.2) is 58.2 Å². The highest BCUT2D eigenvalue weighted by atomic mass is 79.9. The Labute approximate surface area is 122 Å². The third-order valence-electron chi connectivity index (χ3n) is 2.72. The molecule has 3 rings (SSSR count). The van der Waals surface area contributed by atoms with Crippen molar-refractivity contribution in [2.24, 2.45) is 0 Å². The molecule has 6 heteroatoms. The van der Waals surface area contributed by atoms with E-state index in [4.69, 9.17) is 0 Å². The molecule has 0 aliphatic rings. The maximum absolute atomic E-state index is 12.0. The van der Waals surface area contributed by atoms with Gasteiger partial charge >= 0.3 is 0 Å². The van der Waals surface area contributed by atoms with E-state index in [9.17, 15) is 4.79 Å². The molecule has 0 atom stereocenters. The summed E-state index contributed by atoms with van der Waals surface area (Å²) >= 11 is 3.28. The van der Waals surface area contributed by atoms with Gasteiger partial charge in [0.2, 0.25) is 0 Å². The number of aromatic amines is 1. The lowest BCUT2D eigenvalue weighted by Crippen LogP contribution is -2.12. The van der Waals surface area contributed by atoms with Crippen molar-refractivity contribution in [3.8, 4) is 22.8 Å². The van der Waals surface area contributed by atoms with Crippen LogP contribution in [-0.4, -0.2) is 19.9 Å². The molecule has 0 fully saturated rings. The van der Waals surface area contributed by atoms with Crippen LogP contribution >= 0.6 is 15.9 Å². The minimum Gasteiger partial charge on any atom is -0.304 e. The Hall–Kier alpha value is -2.34. The summed E-state index contributed by atoms with van der Waals surface area (Å²) < 4.78 is 0.399. The van der Waals surface area contributed by atoms with Crippen LogP contribution in [-0.2, 0) is 0 Å². The zero-order valence-corrected chi connectivity index (χ0v) is 11.8. The van der Waals surface area contributed by atoms with Crippen LogP contribution in [0, 0.1) is 0 Å². The molecule has 2 aromatic heterocycles. The first kappa shape index (κ1) is 12.7. The predicted molar refractivity (Wildman–Crippen MR) is 79.0 cm³/mol. The van der Waals surface area contributed by atoms with Crippen LogP contribution in [0.25, 0.3) is 22.8 Å². The number of hydrogen-bond donors (Lipinski definition) is 1. The van der Waals surface area contributed by atoms with Crippen molar-refractivity contribution in [3.05, 3.63) is 63.7 Å².